The molecule has 1 aromatic rings. The van der Waals surface area contributed by atoms with Gasteiger partial charge in [0.2, 0.25) is 0 Å². The lowest BCUT2D eigenvalue weighted by molar-refractivity contribution is -0.122. The minimum absolute atomic E-state index is 0.0803. The number of carbonyl (C=O) groups excluding carboxylic acids is 2. The summed E-state index contributed by atoms with van der Waals surface area (Å²) in [5.41, 5.74) is 1.64. The van der Waals surface area contributed by atoms with E-state index in [4.69, 9.17) is 0 Å². The van der Waals surface area contributed by atoms with E-state index in [-0.39, 0.29) is 5.91 Å². The number of likely N-dealkylation sites (N-methyl/N-ethyl adjacent to an activating group) is 1. The van der Waals surface area contributed by atoms with Crippen LogP contribution in [0, 0.1) is 0 Å². The summed E-state index contributed by atoms with van der Waals surface area (Å²) in [6.07, 6.45) is 0.867. The van der Waals surface area contributed by atoms with Crippen LogP contribution in [0.25, 0.3) is 0 Å². The number of hydrogen-bond donors (Lipinski definition) is 0. The molecule has 0 atom stereocenters. The molecule has 1 aliphatic heterocycles. The van der Waals surface area contributed by atoms with Gasteiger partial charge in [-0.3, -0.25) is 9.79 Å². The summed E-state index contributed by atoms with van der Waals surface area (Å²) in [4.78, 5) is 29.5. The van der Waals surface area contributed by atoms with Crippen molar-refractivity contribution in [2.75, 3.05) is 27.2 Å². The van der Waals surface area contributed by atoms with E-state index in [1.54, 1.807) is 36.2 Å². The van der Waals surface area contributed by atoms with Crippen LogP contribution in [0.2, 0.25) is 0 Å². The molecular weight excluding hydrogens is 244 g/mol. The van der Waals surface area contributed by atoms with Gasteiger partial charge < -0.3 is 9.64 Å². The lowest BCUT2D eigenvalue weighted by atomic mass is 10.1. The van der Waals surface area contributed by atoms with Gasteiger partial charge in [-0.25, -0.2) is 4.79 Å². The average Bonchev–Trinajstić information content (AvgIpc) is 2.61. The van der Waals surface area contributed by atoms with Crippen LogP contribution in [-0.2, 0) is 9.53 Å². The predicted molar refractivity (Wildman–Crippen MR) is 71.4 cm³/mol. The van der Waals surface area contributed by atoms with Crippen molar-refractivity contribution in [1.29, 1.82) is 0 Å². The van der Waals surface area contributed by atoms with Crippen molar-refractivity contribution in [3.8, 4) is 0 Å². The molecule has 0 radical (unpaired) electrons. The van der Waals surface area contributed by atoms with Gasteiger partial charge >= 0.3 is 5.97 Å². The molecular formula is C14H16N2O3. The zero-order chi connectivity index (χ0) is 13.8. The second-order valence-corrected chi connectivity index (χ2v) is 4.38. The molecule has 1 aromatic carbocycles. The highest BCUT2D eigenvalue weighted by molar-refractivity contribution is 6.45. The second kappa shape index (κ2) is 5.65. The van der Waals surface area contributed by atoms with Crippen molar-refractivity contribution in [3.05, 3.63) is 35.4 Å². The maximum Gasteiger partial charge on any atom is 0.337 e. The number of carbonyl (C=O) groups is 2. The number of rotatable bonds is 2. The largest absolute Gasteiger partial charge is 0.465 e. The number of amides is 1. The third-order valence-corrected chi connectivity index (χ3v) is 3.05. The summed E-state index contributed by atoms with van der Waals surface area (Å²) in [6, 6.07) is 6.73. The number of methoxy groups -OCH3 is 1. The first-order valence-electron chi connectivity index (χ1n) is 6.12. The first kappa shape index (κ1) is 13.3. The van der Waals surface area contributed by atoms with E-state index in [9.17, 15) is 9.59 Å². The molecule has 2 rings (SSSR count). The fourth-order valence-corrected chi connectivity index (χ4v) is 1.95. The van der Waals surface area contributed by atoms with Crippen LogP contribution in [0.15, 0.2) is 29.3 Å². The van der Waals surface area contributed by atoms with Crippen LogP contribution in [-0.4, -0.2) is 49.7 Å². The molecule has 100 valence electrons. The average molecular weight is 260 g/mol. The molecule has 0 aliphatic carbocycles. The fourth-order valence-electron chi connectivity index (χ4n) is 1.95. The Balaban J connectivity index is 2.28. The van der Waals surface area contributed by atoms with E-state index < -0.39 is 5.97 Å². The van der Waals surface area contributed by atoms with E-state index in [0.717, 1.165) is 12.0 Å². The number of nitrogens with zero attached hydrogens (tertiary/aromatic N) is 2. The zero-order valence-electron chi connectivity index (χ0n) is 11.0. The summed E-state index contributed by atoms with van der Waals surface area (Å²) in [5, 5.41) is 0. The maximum atomic E-state index is 12.1. The van der Waals surface area contributed by atoms with E-state index in [1.807, 2.05) is 0 Å². The SMILES string of the molecule is COC(=O)c1ccc(C2=NCCCN(C)C2=O)cc1. The van der Waals surface area contributed by atoms with Gasteiger partial charge in [-0.1, -0.05) is 12.1 Å². The number of hydrogen-bond acceptors (Lipinski definition) is 4. The Morgan fingerprint density at radius 2 is 2.00 bits per heavy atom. The smallest absolute Gasteiger partial charge is 0.337 e. The highest BCUT2D eigenvalue weighted by Crippen LogP contribution is 2.11. The van der Waals surface area contributed by atoms with Gasteiger partial charge in [0, 0.05) is 25.7 Å². The molecule has 0 aromatic heterocycles. The Kier molecular flexibility index (Phi) is 3.94. The highest BCUT2D eigenvalue weighted by Gasteiger charge is 2.20. The molecule has 1 amide bonds. The quantitative estimate of drug-likeness (QED) is 0.749. The van der Waals surface area contributed by atoms with Crippen molar-refractivity contribution in [2.24, 2.45) is 4.99 Å². The summed E-state index contributed by atoms with van der Waals surface area (Å²) >= 11 is 0. The summed E-state index contributed by atoms with van der Waals surface area (Å²) < 4.78 is 4.64. The Labute approximate surface area is 111 Å². The fraction of sp³-hybridized carbons (Fsp3) is 0.357. The standard InChI is InChI=1S/C14H16N2O3/c1-16-9-3-8-15-12(13(16)17)10-4-6-11(7-5-10)14(18)19-2/h4-7H,3,8-9H2,1-2H3. The monoisotopic (exact) mass is 260 g/mol. The molecule has 0 bridgehead atoms. The van der Waals surface area contributed by atoms with Gasteiger partial charge in [0.1, 0.15) is 5.71 Å². The second-order valence-electron chi connectivity index (χ2n) is 4.38. The molecule has 1 aliphatic rings. The molecule has 0 saturated carbocycles. The lowest BCUT2D eigenvalue weighted by Gasteiger charge is -2.14. The first-order valence-corrected chi connectivity index (χ1v) is 6.12. The number of aliphatic imine (C=N–C) groups is 1. The van der Waals surface area contributed by atoms with Crippen LogP contribution in [0.1, 0.15) is 22.3 Å². The third kappa shape index (κ3) is 2.81. The number of esters is 1. The molecule has 0 spiro atoms. The van der Waals surface area contributed by atoms with Crippen LogP contribution >= 0.6 is 0 Å². The van der Waals surface area contributed by atoms with E-state index in [1.165, 1.54) is 7.11 Å². The minimum atomic E-state index is -0.391. The predicted octanol–water partition coefficient (Wildman–Crippen LogP) is 1.12. The molecule has 0 N–H and O–H groups in total. The molecule has 0 fully saturated rings. The Hall–Kier alpha value is -2.17. The minimum Gasteiger partial charge on any atom is -0.465 e. The Morgan fingerprint density at radius 3 is 2.63 bits per heavy atom. The molecule has 1 heterocycles. The summed E-state index contributed by atoms with van der Waals surface area (Å²) in [7, 11) is 3.11. The van der Waals surface area contributed by atoms with Crippen LogP contribution < -0.4 is 0 Å². The first-order chi connectivity index (χ1) is 9.13. The van der Waals surface area contributed by atoms with Crippen molar-refractivity contribution in [2.45, 2.75) is 6.42 Å². The normalized spacial score (nSPS) is 15.8. The van der Waals surface area contributed by atoms with Crippen LogP contribution in [0.5, 0.6) is 0 Å². The van der Waals surface area contributed by atoms with Gasteiger partial charge in [-0.2, -0.15) is 0 Å². The van der Waals surface area contributed by atoms with Gasteiger partial charge in [-0.15, -0.1) is 0 Å². The Morgan fingerprint density at radius 1 is 1.32 bits per heavy atom. The molecule has 0 unspecified atom stereocenters. The molecule has 19 heavy (non-hydrogen) atoms. The van der Waals surface area contributed by atoms with Crippen LogP contribution in [0.3, 0.4) is 0 Å². The van der Waals surface area contributed by atoms with Crippen molar-refractivity contribution >= 4 is 17.6 Å². The van der Waals surface area contributed by atoms with E-state index in [2.05, 4.69) is 9.73 Å². The van der Waals surface area contributed by atoms with E-state index >= 15 is 0 Å². The van der Waals surface area contributed by atoms with Crippen molar-refractivity contribution in [1.82, 2.24) is 4.90 Å². The molecule has 5 nitrogen and oxygen atoms in total. The van der Waals surface area contributed by atoms with Crippen molar-refractivity contribution in [3.63, 3.8) is 0 Å². The lowest BCUT2D eigenvalue weighted by Crippen LogP contribution is -2.32. The molecule has 0 saturated heterocycles. The van der Waals surface area contributed by atoms with Gasteiger partial charge in [0.05, 0.1) is 12.7 Å². The Bertz CT molecular complexity index is 520. The van der Waals surface area contributed by atoms with Gasteiger partial charge in [0.25, 0.3) is 5.91 Å². The molecule has 5 heteroatoms. The van der Waals surface area contributed by atoms with Crippen molar-refractivity contribution < 1.29 is 14.3 Å². The van der Waals surface area contributed by atoms with E-state index in [0.29, 0.717) is 24.4 Å². The number of benzene rings is 1. The summed E-state index contributed by atoms with van der Waals surface area (Å²) in [5.74, 6) is -0.471. The van der Waals surface area contributed by atoms with Gasteiger partial charge in [0.15, 0.2) is 0 Å². The summed E-state index contributed by atoms with van der Waals surface area (Å²) in [6.45, 7) is 1.36. The highest BCUT2D eigenvalue weighted by atomic mass is 16.5. The zero-order valence-corrected chi connectivity index (χ0v) is 11.0. The van der Waals surface area contributed by atoms with Crippen LogP contribution in [0.4, 0.5) is 0 Å². The third-order valence-electron chi connectivity index (χ3n) is 3.05. The maximum absolute atomic E-state index is 12.1. The van der Waals surface area contributed by atoms with Gasteiger partial charge in [-0.05, 0) is 18.6 Å². The topological polar surface area (TPSA) is 59.0 Å². The number of ether oxygens (including phenoxy) is 1.